The van der Waals surface area contributed by atoms with Crippen molar-refractivity contribution in [2.75, 3.05) is 5.32 Å². The van der Waals surface area contributed by atoms with Gasteiger partial charge in [-0.15, -0.1) is 11.3 Å². The molecule has 1 amide bonds. The number of halogens is 1. The van der Waals surface area contributed by atoms with Crippen molar-refractivity contribution in [3.8, 4) is 0 Å². The number of thiophene rings is 1. The summed E-state index contributed by atoms with van der Waals surface area (Å²) in [7, 11) is 0. The fourth-order valence-electron chi connectivity index (χ4n) is 3.67. The van der Waals surface area contributed by atoms with Crippen LogP contribution in [0.25, 0.3) is 10.2 Å². The number of hydrogen-bond acceptors (Lipinski definition) is 6. The van der Waals surface area contributed by atoms with E-state index in [1.54, 1.807) is 35.8 Å². The smallest absolute Gasteiger partial charge is 0.349 e. The van der Waals surface area contributed by atoms with Crippen molar-refractivity contribution in [1.29, 1.82) is 0 Å². The van der Waals surface area contributed by atoms with Crippen LogP contribution in [0.5, 0.6) is 0 Å². The van der Waals surface area contributed by atoms with Gasteiger partial charge in [0.2, 0.25) is 0 Å². The first-order chi connectivity index (χ1) is 14.9. The molecular formula is C22H22ClN3O4S. The number of amides is 1. The van der Waals surface area contributed by atoms with Crippen LogP contribution in [0.3, 0.4) is 0 Å². The number of nitrogens with zero attached hydrogens (tertiary/aromatic N) is 2. The van der Waals surface area contributed by atoms with Crippen molar-refractivity contribution < 1.29 is 14.3 Å². The lowest BCUT2D eigenvalue weighted by molar-refractivity contribution is -0.123. The first-order valence-electron chi connectivity index (χ1n) is 10.2. The number of hydrogen-bond donors (Lipinski definition) is 1. The van der Waals surface area contributed by atoms with E-state index in [1.807, 2.05) is 0 Å². The number of ether oxygens (including phenoxy) is 1. The molecule has 1 aliphatic heterocycles. The summed E-state index contributed by atoms with van der Waals surface area (Å²) >= 11 is 7.19. The normalized spacial score (nSPS) is 14.5. The summed E-state index contributed by atoms with van der Waals surface area (Å²) in [6.45, 7) is 3.85. The van der Waals surface area contributed by atoms with Gasteiger partial charge in [-0.1, -0.05) is 30.2 Å². The third kappa shape index (κ3) is 4.22. The predicted molar refractivity (Wildman–Crippen MR) is 121 cm³/mol. The lowest BCUT2D eigenvalue weighted by Gasteiger charge is -2.14. The minimum atomic E-state index is -1.04. The molecule has 0 saturated heterocycles. The Hall–Kier alpha value is -2.71. The van der Waals surface area contributed by atoms with Crippen molar-refractivity contribution in [1.82, 2.24) is 9.55 Å². The van der Waals surface area contributed by atoms with E-state index in [9.17, 15) is 14.4 Å². The maximum absolute atomic E-state index is 13.0. The molecule has 1 aliphatic rings. The second-order valence-corrected chi connectivity index (χ2v) is 8.95. The van der Waals surface area contributed by atoms with Crippen LogP contribution in [-0.2, 0) is 22.5 Å². The number of anilines is 1. The van der Waals surface area contributed by atoms with Gasteiger partial charge in [-0.25, -0.2) is 9.78 Å². The fraction of sp³-hybridized carbons (Fsp3) is 0.364. The minimum absolute atomic E-state index is 0.112. The third-order valence-electron chi connectivity index (χ3n) is 5.38. The zero-order valence-corrected chi connectivity index (χ0v) is 18.8. The zero-order chi connectivity index (χ0) is 22.1. The van der Waals surface area contributed by atoms with Gasteiger partial charge < -0.3 is 10.1 Å². The van der Waals surface area contributed by atoms with Crippen LogP contribution < -0.4 is 10.9 Å². The van der Waals surface area contributed by atoms with Crippen LogP contribution in [0.4, 0.5) is 5.69 Å². The summed E-state index contributed by atoms with van der Waals surface area (Å²) in [6, 6.07) is 6.81. The van der Waals surface area contributed by atoms with Crippen molar-refractivity contribution in [2.45, 2.75) is 52.2 Å². The van der Waals surface area contributed by atoms with Gasteiger partial charge in [0.25, 0.3) is 11.5 Å². The fourth-order valence-corrected chi connectivity index (χ4v) is 4.93. The number of nitrogens with one attached hydrogen (secondary N) is 1. The Morgan fingerprint density at radius 2 is 2.03 bits per heavy atom. The van der Waals surface area contributed by atoms with Crippen LogP contribution in [0, 0.1) is 6.92 Å². The highest BCUT2D eigenvalue weighted by Gasteiger charge is 2.26. The summed E-state index contributed by atoms with van der Waals surface area (Å²) in [5, 5.41) is 3.49. The zero-order valence-electron chi connectivity index (χ0n) is 17.2. The van der Waals surface area contributed by atoms with Gasteiger partial charge in [0.05, 0.1) is 16.1 Å². The number of carbonyl (C=O) groups excluding carboxylic acids is 2. The molecule has 0 spiro atoms. The quantitative estimate of drug-likeness (QED) is 0.586. The average Bonchev–Trinajstić information content (AvgIpc) is 2.91. The Labute approximate surface area is 188 Å². The molecule has 162 valence electrons. The van der Waals surface area contributed by atoms with Crippen LogP contribution in [-0.4, -0.2) is 27.5 Å². The van der Waals surface area contributed by atoms with E-state index in [4.69, 9.17) is 16.3 Å². The van der Waals surface area contributed by atoms with E-state index in [0.29, 0.717) is 33.0 Å². The van der Waals surface area contributed by atoms with E-state index in [0.717, 1.165) is 42.8 Å². The average molecular weight is 460 g/mol. The standard InChI is InChI=1S/C22H22ClN3O4S/c1-12-17-20(25-16-10-4-3-7-11-26(16)21(17)28)31-18(12)22(29)30-13(2)19(27)24-15-9-6-5-8-14(15)23/h5-6,8-9,13H,3-4,7,10-11H2,1-2H3,(H,24,27). The topological polar surface area (TPSA) is 90.3 Å². The summed E-state index contributed by atoms with van der Waals surface area (Å²) < 4.78 is 7.11. The lowest BCUT2D eigenvalue weighted by atomic mass is 10.2. The van der Waals surface area contributed by atoms with Crippen LogP contribution >= 0.6 is 22.9 Å². The number of esters is 1. The molecule has 3 aromatic rings. The number of benzene rings is 1. The molecule has 1 aromatic carbocycles. The van der Waals surface area contributed by atoms with Crippen LogP contribution in [0.1, 0.15) is 47.2 Å². The number of para-hydroxylation sites is 1. The van der Waals surface area contributed by atoms with Gasteiger partial charge in [-0.2, -0.15) is 0 Å². The molecule has 1 N–H and O–H groups in total. The number of rotatable bonds is 4. The molecule has 0 bridgehead atoms. The summed E-state index contributed by atoms with van der Waals surface area (Å²) in [5.41, 5.74) is 0.869. The molecule has 7 nitrogen and oxygen atoms in total. The number of aryl methyl sites for hydroxylation is 2. The SMILES string of the molecule is Cc1c(C(=O)OC(C)C(=O)Nc2ccccc2Cl)sc2nc3n(c(=O)c12)CCCCC3. The van der Waals surface area contributed by atoms with E-state index in [-0.39, 0.29) is 10.4 Å². The first-order valence-corrected chi connectivity index (χ1v) is 11.4. The second kappa shape index (κ2) is 8.80. The molecule has 4 rings (SSSR count). The van der Waals surface area contributed by atoms with Crippen molar-refractivity contribution in [3.63, 3.8) is 0 Å². The van der Waals surface area contributed by atoms with Gasteiger partial charge in [-0.05, 0) is 44.4 Å². The van der Waals surface area contributed by atoms with Crippen molar-refractivity contribution in [2.24, 2.45) is 0 Å². The minimum Gasteiger partial charge on any atom is -0.448 e. The van der Waals surface area contributed by atoms with E-state index >= 15 is 0 Å². The molecule has 0 fully saturated rings. The van der Waals surface area contributed by atoms with E-state index < -0.39 is 18.0 Å². The van der Waals surface area contributed by atoms with Gasteiger partial charge in [-0.3, -0.25) is 14.2 Å². The van der Waals surface area contributed by atoms with Crippen molar-refractivity contribution in [3.05, 3.63) is 55.9 Å². The monoisotopic (exact) mass is 459 g/mol. The summed E-state index contributed by atoms with van der Waals surface area (Å²) in [5.74, 6) is -0.379. The Morgan fingerprint density at radius 1 is 1.26 bits per heavy atom. The highest BCUT2D eigenvalue weighted by molar-refractivity contribution is 7.20. The maximum Gasteiger partial charge on any atom is 0.349 e. The largest absolute Gasteiger partial charge is 0.448 e. The molecule has 0 radical (unpaired) electrons. The Balaban J connectivity index is 1.57. The Bertz CT molecular complexity index is 1230. The molecule has 3 heterocycles. The van der Waals surface area contributed by atoms with Gasteiger partial charge in [0, 0.05) is 13.0 Å². The van der Waals surface area contributed by atoms with Crippen molar-refractivity contribution >= 4 is 50.7 Å². The van der Waals surface area contributed by atoms with E-state index in [2.05, 4.69) is 10.3 Å². The molecule has 31 heavy (non-hydrogen) atoms. The molecular weight excluding hydrogens is 438 g/mol. The first kappa shape index (κ1) is 21.5. The van der Waals surface area contributed by atoms with Crippen LogP contribution in [0.15, 0.2) is 29.1 Å². The number of aromatic nitrogens is 2. The third-order valence-corrected chi connectivity index (χ3v) is 6.88. The van der Waals surface area contributed by atoms with E-state index in [1.165, 1.54) is 6.92 Å². The molecule has 2 aromatic heterocycles. The van der Waals surface area contributed by atoms with Gasteiger partial charge in [0.1, 0.15) is 15.5 Å². The predicted octanol–water partition coefficient (Wildman–Crippen LogP) is 4.33. The Morgan fingerprint density at radius 3 is 2.81 bits per heavy atom. The molecule has 1 atom stereocenters. The molecule has 0 saturated carbocycles. The second-order valence-electron chi connectivity index (χ2n) is 7.55. The molecule has 1 unspecified atom stereocenters. The highest BCUT2D eigenvalue weighted by atomic mass is 35.5. The number of fused-ring (bicyclic) bond motifs is 2. The number of carbonyl (C=O) groups is 2. The molecule has 9 heteroatoms. The Kier molecular flexibility index (Phi) is 6.11. The van der Waals surface area contributed by atoms with Gasteiger partial charge >= 0.3 is 5.97 Å². The highest BCUT2D eigenvalue weighted by Crippen LogP contribution is 2.29. The summed E-state index contributed by atoms with van der Waals surface area (Å²) in [4.78, 5) is 43.8. The molecule has 0 aliphatic carbocycles. The maximum atomic E-state index is 13.0. The summed E-state index contributed by atoms with van der Waals surface area (Å²) in [6.07, 6.45) is 2.72. The van der Waals surface area contributed by atoms with Gasteiger partial charge in [0.15, 0.2) is 6.10 Å². The lowest BCUT2D eigenvalue weighted by Crippen LogP contribution is -2.30. The van der Waals surface area contributed by atoms with Crippen LogP contribution in [0.2, 0.25) is 5.02 Å².